The maximum Gasteiger partial charge on any atom is 0.131 e. The van der Waals surface area contributed by atoms with Gasteiger partial charge in [-0.15, -0.1) is 0 Å². The van der Waals surface area contributed by atoms with Gasteiger partial charge in [0.2, 0.25) is 0 Å². The molecule has 174 valence electrons. The van der Waals surface area contributed by atoms with E-state index < -0.39 is 8.24 Å². The molecule has 0 saturated carbocycles. The van der Waals surface area contributed by atoms with Crippen molar-refractivity contribution < 1.29 is 0 Å². The van der Waals surface area contributed by atoms with E-state index in [-0.39, 0.29) is 10.8 Å². The van der Waals surface area contributed by atoms with Crippen molar-refractivity contribution in [2.24, 2.45) is 0 Å². The van der Waals surface area contributed by atoms with Crippen molar-refractivity contribution in [2.45, 2.75) is 84.0 Å². The first kappa shape index (κ1) is 24.0. The van der Waals surface area contributed by atoms with Gasteiger partial charge in [-0.3, -0.25) is 0 Å². The SMILES string of the molecule is C[C@@H](N[Si](C)(C)C1c2ccc(C(C)(C)C)cc2-c2cc(C(C)(C)C)ccc21)c1ccccc1. The highest BCUT2D eigenvalue weighted by atomic mass is 28.3. The maximum atomic E-state index is 4.12. The Morgan fingerprint density at radius 2 is 1.15 bits per heavy atom. The Labute approximate surface area is 202 Å². The van der Waals surface area contributed by atoms with Crippen LogP contribution in [0.15, 0.2) is 66.7 Å². The summed E-state index contributed by atoms with van der Waals surface area (Å²) in [6.45, 7) is 21.2. The molecule has 33 heavy (non-hydrogen) atoms. The van der Waals surface area contributed by atoms with Gasteiger partial charge in [-0.25, -0.2) is 0 Å². The average Bonchev–Trinajstić information content (AvgIpc) is 3.06. The van der Waals surface area contributed by atoms with Gasteiger partial charge in [0.05, 0.1) is 0 Å². The molecule has 1 atom stereocenters. The minimum absolute atomic E-state index is 0.141. The van der Waals surface area contributed by atoms with Crippen LogP contribution in [-0.2, 0) is 10.8 Å². The number of hydrogen-bond acceptors (Lipinski definition) is 1. The predicted octanol–water partition coefficient (Wildman–Crippen LogP) is 8.49. The Hall–Kier alpha value is -2.16. The second-order valence-electron chi connectivity index (χ2n) is 12.5. The molecule has 3 aromatic rings. The molecule has 1 aliphatic rings. The second-order valence-corrected chi connectivity index (χ2v) is 16.8. The molecule has 0 amide bonds. The molecule has 0 spiro atoms. The lowest BCUT2D eigenvalue weighted by Crippen LogP contribution is -2.51. The van der Waals surface area contributed by atoms with E-state index in [2.05, 4.69) is 133 Å². The van der Waals surface area contributed by atoms with Crippen LogP contribution in [0.1, 0.15) is 87.9 Å². The van der Waals surface area contributed by atoms with Crippen LogP contribution in [0.25, 0.3) is 11.1 Å². The zero-order chi connectivity index (χ0) is 24.2. The molecule has 0 saturated heterocycles. The van der Waals surface area contributed by atoms with Crippen LogP contribution >= 0.6 is 0 Å². The van der Waals surface area contributed by atoms with Gasteiger partial charge in [0.15, 0.2) is 0 Å². The third-order valence-corrected chi connectivity index (χ3v) is 10.6. The van der Waals surface area contributed by atoms with Crippen molar-refractivity contribution >= 4 is 8.24 Å². The van der Waals surface area contributed by atoms with Crippen molar-refractivity contribution in [2.75, 3.05) is 0 Å². The van der Waals surface area contributed by atoms with E-state index in [1.165, 1.54) is 38.9 Å². The fourth-order valence-corrected chi connectivity index (χ4v) is 8.93. The Morgan fingerprint density at radius 1 is 0.697 bits per heavy atom. The number of rotatable bonds is 4. The molecule has 0 unspecified atom stereocenters. The van der Waals surface area contributed by atoms with E-state index in [0.717, 1.165) is 0 Å². The lowest BCUT2D eigenvalue weighted by molar-refractivity contribution is 0.589. The zero-order valence-corrected chi connectivity index (χ0v) is 23.0. The third-order valence-electron chi connectivity index (χ3n) is 7.36. The fraction of sp³-hybridized carbons (Fsp3) is 0.419. The normalized spacial score (nSPS) is 15.3. The molecule has 4 rings (SSSR count). The van der Waals surface area contributed by atoms with Crippen molar-refractivity contribution in [3.63, 3.8) is 0 Å². The molecule has 1 aliphatic carbocycles. The molecular formula is C31H41NSi. The standard InChI is InChI=1S/C31H41NSi/c1-21(22-13-11-10-12-14-22)32-33(8,9)29-25-17-15-23(30(2,3)4)19-27(25)28-20-24(31(5,6)7)16-18-26(28)29/h10-21,29,32H,1-9H3/t21-/m1/s1. The van der Waals surface area contributed by atoms with Crippen LogP contribution in [0.3, 0.4) is 0 Å². The van der Waals surface area contributed by atoms with Crippen LogP contribution in [0, 0.1) is 0 Å². The number of hydrogen-bond donors (Lipinski definition) is 1. The Bertz CT molecular complexity index is 1080. The maximum absolute atomic E-state index is 4.12. The topological polar surface area (TPSA) is 12.0 Å². The van der Waals surface area contributed by atoms with Gasteiger partial charge in [0.25, 0.3) is 0 Å². The van der Waals surface area contributed by atoms with E-state index in [9.17, 15) is 0 Å². The molecule has 0 fully saturated rings. The monoisotopic (exact) mass is 455 g/mol. The lowest BCUT2D eigenvalue weighted by atomic mass is 9.83. The molecule has 0 aliphatic heterocycles. The van der Waals surface area contributed by atoms with Gasteiger partial charge in [-0.1, -0.05) is 121 Å². The predicted molar refractivity (Wildman–Crippen MR) is 147 cm³/mol. The Balaban J connectivity index is 1.83. The Kier molecular flexibility index (Phi) is 5.99. The first-order chi connectivity index (χ1) is 15.3. The highest BCUT2D eigenvalue weighted by Gasteiger charge is 2.42. The molecule has 3 aromatic carbocycles. The van der Waals surface area contributed by atoms with Gasteiger partial charge in [-0.05, 0) is 56.7 Å². The highest BCUT2D eigenvalue weighted by molar-refractivity contribution is 6.77. The largest absolute Gasteiger partial charge is 0.330 e. The highest BCUT2D eigenvalue weighted by Crippen LogP contribution is 2.50. The van der Waals surface area contributed by atoms with Crippen LogP contribution < -0.4 is 4.98 Å². The summed E-state index contributed by atoms with van der Waals surface area (Å²) in [5.74, 6) is 0. The molecule has 2 heteroatoms. The summed E-state index contributed by atoms with van der Waals surface area (Å²) < 4.78 is 0. The summed E-state index contributed by atoms with van der Waals surface area (Å²) >= 11 is 0. The first-order valence-corrected chi connectivity index (χ1v) is 15.5. The van der Waals surface area contributed by atoms with E-state index in [1.807, 2.05) is 0 Å². The summed E-state index contributed by atoms with van der Waals surface area (Å²) in [5.41, 5.74) is 10.8. The minimum Gasteiger partial charge on any atom is -0.330 e. The van der Waals surface area contributed by atoms with Crippen LogP contribution in [0.5, 0.6) is 0 Å². The Morgan fingerprint density at radius 3 is 1.58 bits per heavy atom. The van der Waals surface area contributed by atoms with Gasteiger partial charge in [-0.2, -0.15) is 0 Å². The number of benzene rings is 3. The van der Waals surface area contributed by atoms with Crippen molar-refractivity contribution in [1.29, 1.82) is 0 Å². The molecule has 0 radical (unpaired) electrons. The van der Waals surface area contributed by atoms with Crippen molar-refractivity contribution in [3.8, 4) is 11.1 Å². The summed E-state index contributed by atoms with van der Waals surface area (Å²) in [6.07, 6.45) is 0. The number of nitrogens with one attached hydrogen (secondary N) is 1. The molecule has 0 bridgehead atoms. The lowest BCUT2D eigenvalue weighted by Gasteiger charge is -2.35. The van der Waals surface area contributed by atoms with Crippen molar-refractivity contribution in [1.82, 2.24) is 4.98 Å². The number of fused-ring (bicyclic) bond motifs is 3. The average molecular weight is 456 g/mol. The van der Waals surface area contributed by atoms with E-state index in [0.29, 0.717) is 11.6 Å². The molecule has 0 heterocycles. The second kappa shape index (κ2) is 8.25. The summed E-state index contributed by atoms with van der Waals surface area (Å²) in [4.78, 5) is 4.12. The molecular weight excluding hydrogens is 414 g/mol. The zero-order valence-electron chi connectivity index (χ0n) is 22.0. The molecule has 1 N–H and O–H groups in total. The molecule has 0 aromatic heterocycles. The summed E-state index contributed by atoms with van der Waals surface area (Å²) in [5, 5.41) is 0. The van der Waals surface area contributed by atoms with E-state index in [4.69, 9.17) is 0 Å². The first-order valence-electron chi connectivity index (χ1n) is 12.4. The van der Waals surface area contributed by atoms with Crippen LogP contribution in [0.4, 0.5) is 0 Å². The molecule has 1 nitrogen and oxygen atoms in total. The quantitative estimate of drug-likeness (QED) is 0.389. The minimum atomic E-state index is -1.90. The van der Waals surface area contributed by atoms with Crippen LogP contribution in [0.2, 0.25) is 13.1 Å². The summed E-state index contributed by atoms with van der Waals surface area (Å²) in [6, 6.07) is 25.8. The third kappa shape index (κ3) is 4.61. The van der Waals surface area contributed by atoms with Gasteiger partial charge >= 0.3 is 0 Å². The van der Waals surface area contributed by atoms with E-state index >= 15 is 0 Å². The summed E-state index contributed by atoms with van der Waals surface area (Å²) in [7, 11) is -1.90. The van der Waals surface area contributed by atoms with Gasteiger partial charge < -0.3 is 4.98 Å². The van der Waals surface area contributed by atoms with Gasteiger partial charge in [0, 0.05) is 11.6 Å². The fourth-order valence-electron chi connectivity index (χ4n) is 5.43. The smallest absolute Gasteiger partial charge is 0.131 e. The van der Waals surface area contributed by atoms with Gasteiger partial charge in [0.1, 0.15) is 8.24 Å². The van der Waals surface area contributed by atoms with Crippen LogP contribution in [-0.4, -0.2) is 8.24 Å². The van der Waals surface area contributed by atoms with Crippen molar-refractivity contribution in [3.05, 3.63) is 94.5 Å². The van der Waals surface area contributed by atoms with E-state index in [1.54, 1.807) is 0 Å².